The molecule has 3 nitrogen and oxygen atoms in total. The largest absolute Gasteiger partial charge is 0.316 e. The lowest BCUT2D eigenvalue weighted by Crippen LogP contribution is -2.45. The van der Waals surface area contributed by atoms with E-state index in [1.165, 1.54) is 17.7 Å². The first-order chi connectivity index (χ1) is 7.66. The van der Waals surface area contributed by atoms with Crippen molar-refractivity contribution >= 4 is 0 Å². The van der Waals surface area contributed by atoms with Gasteiger partial charge in [0, 0.05) is 30.8 Å². The van der Waals surface area contributed by atoms with Crippen LogP contribution in [0.1, 0.15) is 29.2 Å². The second-order valence-electron chi connectivity index (χ2n) is 5.24. The SMILES string of the molecule is Cc1cc(=O)n2c(c1C)C1CNCC(C1)C2. The fourth-order valence-electron chi connectivity index (χ4n) is 3.25. The van der Waals surface area contributed by atoms with Crippen LogP contribution in [0.15, 0.2) is 10.9 Å². The van der Waals surface area contributed by atoms with Crippen molar-refractivity contribution in [3.63, 3.8) is 0 Å². The van der Waals surface area contributed by atoms with E-state index < -0.39 is 0 Å². The summed E-state index contributed by atoms with van der Waals surface area (Å²) in [5.41, 5.74) is 3.93. The van der Waals surface area contributed by atoms with Gasteiger partial charge in [0.05, 0.1) is 0 Å². The Labute approximate surface area is 95.5 Å². The second kappa shape index (κ2) is 3.45. The van der Waals surface area contributed by atoms with Crippen LogP contribution in [-0.4, -0.2) is 17.7 Å². The van der Waals surface area contributed by atoms with Gasteiger partial charge in [-0.25, -0.2) is 0 Å². The Morgan fingerprint density at radius 1 is 1.38 bits per heavy atom. The molecule has 3 rings (SSSR count). The van der Waals surface area contributed by atoms with Gasteiger partial charge in [-0.2, -0.15) is 0 Å². The molecule has 0 aliphatic carbocycles. The highest BCUT2D eigenvalue weighted by atomic mass is 16.1. The predicted octanol–water partition coefficient (Wildman–Crippen LogP) is 1.17. The number of fused-ring (bicyclic) bond motifs is 4. The van der Waals surface area contributed by atoms with Crippen LogP contribution >= 0.6 is 0 Å². The number of aromatic nitrogens is 1. The molecule has 2 atom stereocenters. The summed E-state index contributed by atoms with van der Waals surface area (Å²) in [4.78, 5) is 12.0. The number of aryl methyl sites for hydroxylation is 1. The van der Waals surface area contributed by atoms with Crippen molar-refractivity contribution in [3.8, 4) is 0 Å². The molecule has 0 spiro atoms. The number of nitrogens with one attached hydrogen (secondary N) is 1. The maximum Gasteiger partial charge on any atom is 0.251 e. The first-order valence-electron chi connectivity index (χ1n) is 6.08. The maximum atomic E-state index is 12.0. The Balaban J connectivity index is 2.23. The van der Waals surface area contributed by atoms with Gasteiger partial charge >= 0.3 is 0 Å². The molecular weight excluding hydrogens is 200 g/mol. The van der Waals surface area contributed by atoms with E-state index in [9.17, 15) is 4.79 Å². The van der Waals surface area contributed by atoms with Gasteiger partial charge in [0.25, 0.3) is 5.56 Å². The Kier molecular flexibility index (Phi) is 2.18. The molecule has 2 unspecified atom stereocenters. The zero-order chi connectivity index (χ0) is 11.3. The molecule has 0 radical (unpaired) electrons. The van der Waals surface area contributed by atoms with Gasteiger partial charge in [-0.1, -0.05) is 0 Å². The van der Waals surface area contributed by atoms with Gasteiger partial charge in [0.15, 0.2) is 0 Å². The van der Waals surface area contributed by atoms with Crippen molar-refractivity contribution < 1.29 is 0 Å². The molecule has 2 aliphatic rings. The van der Waals surface area contributed by atoms with Crippen LogP contribution in [0.5, 0.6) is 0 Å². The van der Waals surface area contributed by atoms with Crippen molar-refractivity contribution in [1.82, 2.24) is 9.88 Å². The summed E-state index contributed by atoms with van der Waals surface area (Å²) in [6.07, 6.45) is 1.25. The van der Waals surface area contributed by atoms with Crippen LogP contribution < -0.4 is 10.9 Å². The Hall–Kier alpha value is -1.09. The second-order valence-corrected chi connectivity index (χ2v) is 5.24. The summed E-state index contributed by atoms with van der Waals surface area (Å²) >= 11 is 0. The molecule has 1 fully saturated rings. The van der Waals surface area contributed by atoms with Crippen molar-refractivity contribution in [2.75, 3.05) is 13.1 Å². The lowest BCUT2D eigenvalue weighted by Gasteiger charge is -2.38. The molecule has 0 saturated carbocycles. The third-order valence-electron chi connectivity index (χ3n) is 4.14. The van der Waals surface area contributed by atoms with Crippen LogP contribution in [0.3, 0.4) is 0 Å². The van der Waals surface area contributed by atoms with Gasteiger partial charge in [0.1, 0.15) is 0 Å². The zero-order valence-electron chi connectivity index (χ0n) is 9.92. The molecule has 0 amide bonds. The van der Waals surface area contributed by atoms with Crippen molar-refractivity contribution in [2.24, 2.45) is 5.92 Å². The highest BCUT2D eigenvalue weighted by Crippen LogP contribution is 2.34. The molecule has 1 N–H and O–H groups in total. The molecule has 1 aromatic rings. The zero-order valence-corrected chi connectivity index (χ0v) is 9.92. The fourth-order valence-corrected chi connectivity index (χ4v) is 3.25. The minimum Gasteiger partial charge on any atom is -0.316 e. The topological polar surface area (TPSA) is 34.0 Å². The summed E-state index contributed by atoms with van der Waals surface area (Å²) < 4.78 is 2.02. The van der Waals surface area contributed by atoms with Gasteiger partial charge < -0.3 is 9.88 Å². The quantitative estimate of drug-likeness (QED) is 0.709. The van der Waals surface area contributed by atoms with Crippen LogP contribution in [0.2, 0.25) is 0 Å². The molecular formula is C13H18N2O. The minimum atomic E-state index is 0.190. The molecule has 0 aromatic carbocycles. The Morgan fingerprint density at radius 2 is 2.19 bits per heavy atom. The van der Waals surface area contributed by atoms with E-state index in [1.807, 2.05) is 11.5 Å². The van der Waals surface area contributed by atoms with Gasteiger partial charge in [-0.05, 0) is 43.9 Å². The molecule has 1 saturated heterocycles. The van der Waals surface area contributed by atoms with Crippen LogP contribution in [0.4, 0.5) is 0 Å². The summed E-state index contributed by atoms with van der Waals surface area (Å²) in [5, 5.41) is 3.48. The minimum absolute atomic E-state index is 0.190. The highest BCUT2D eigenvalue weighted by molar-refractivity contribution is 5.32. The van der Waals surface area contributed by atoms with Crippen LogP contribution in [0, 0.1) is 19.8 Å². The molecule has 1 aromatic heterocycles. The molecule has 86 valence electrons. The number of hydrogen-bond acceptors (Lipinski definition) is 2. The average Bonchev–Trinajstić information content (AvgIpc) is 2.26. The highest BCUT2D eigenvalue weighted by Gasteiger charge is 2.32. The fraction of sp³-hybridized carbons (Fsp3) is 0.615. The van der Waals surface area contributed by atoms with E-state index in [4.69, 9.17) is 0 Å². The van der Waals surface area contributed by atoms with Crippen LogP contribution in [-0.2, 0) is 6.54 Å². The maximum absolute atomic E-state index is 12.0. The Morgan fingerprint density at radius 3 is 3.00 bits per heavy atom. The van der Waals surface area contributed by atoms with Crippen molar-refractivity contribution in [3.05, 3.63) is 33.2 Å². The van der Waals surface area contributed by atoms with Crippen molar-refractivity contribution in [1.29, 1.82) is 0 Å². The lowest BCUT2D eigenvalue weighted by molar-refractivity contribution is 0.256. The van der Waals surface area contributed by atoms with Gasteiger partial charge in [-0.3, -0.25) is 4.79 Å². The predicted molar refractivity (Wildman–Crippen MR) is 63.9 cm³/mol. The normalized spacial score (nSPS) is 27.6. The summed E-state index contributed by atoms with van der Waals surface area (Å²) in [7, 11) is 0. The number of rotatable bonds is 0. The average molecular weight is 218 g/mol. The summed E-state index contributed by atoms with van der Waals surface area (Å²) in [6, 6.07) is 1.79. The summed E-state index contributed by atoms with van der Waals surface area (Å²) in [6.45, 7) is 7.18. The smallest absolute Gasteiger partial charge is 0.251 e. The Bertz CT molecular complexity index is 489. The molecule has 2 bridgehead atoms. The van der Waals surface area contributed by atoms with E-state index in [0.717, 1.165) is 25.2 Å². The van der Waals surface area contributed by atoms with E-state index in [0.29, 0.717) is 11.8 Å². The van der Waals surface area contributed by atoms with Crippen LogP contribution in [0.25, 0.3) is 0 Å². The monoisotopic (exact) mass is 218 g/mol. The van der Waals surface area contributed by atoms with Gasteiger partial charge in [0.2, 0.25) is 0 Å². The number of piperidine rings is 1. The number of nitrogens with zero attached hydrogens (tertiary/aromatic N) is 1. The first-order valence-corrected chi connectivity index (χ1v) is 6.08. The molecule has 2 aliphatic heterocycles. The first kappa shape index (κ1) is 10.1. The van der Waals surface area contributed by atoms with E-state index in [1.54, 1.807) is 6.07 Å². The van der Waals surface area contributed by atoms with E-state index >= 15 is 0 Å². The molecule has 3 heterocycles. The molecule has 16 heavy (non-hydrogen) atoms. The number of pyridine rings is 1. The molecule has 3 heteroatoms. The van der Waals surface area contributed by atoms with Gasteiger partial charge in [-0.15, -0.1) is 0 Å². The van der Waals surface area contributed by atoms with E-state index in [2.05, 4.69) is 12.2 Å². The third-order valence-corrected chi connectivity index (χ3v) is 4.14. The van der Waals surface area contributed by atoms with E-state index in [-0.39, 0.29) is 5.56 Å². The standard InChI is InChI=1S/C13H18N2O/c1-8-3-12(16)15-7-10-4-11(6-14-5-10)13(15)9(8)2/h3,10-11,14H,4-7H2,1-2H3. The van der Waals surface area contributed by atoms with Crippen molar-refractivity contribution in [2.45, 2.75) is 32.7 Å². The number of hydrogen-bond donors (Lipinski definition) is 1. The lowest BCUT2D eigenvalue weighted by atomic mass is 9.82. The third kappa shape index (κ3) is 1.34. The summed E-state index contributed by atoms with van der Waals surface area (Å²) in [5.74, 6) is 1.19.